The SMILES string of the molecule is C[NH+]1CCCN2CCCCCC21. The quantitative estimate of drug-likeness (QED) is 0.541. The molecule has 0 spiro atoms. The lowest BCUT2D eigenvalue weighted by Gasteiger charge is -2.38. The summed E-state index contributed by atoms with van der Waals surface area (Å²) in [6.07, 6.45) is 8.05. The first-order valence-electron chi connectivity index (χ1n) is 5.44. The van der Waals surface area contributed by atoms with Gasteiger partial charge in [0.1, 0.15) is 6.17 Å². The minimum atomic E-state index is 0.862. The molecule has 0 aromatic heterocycles. The summed E-state index contributed by atoms with van der Waals surface area (Å²) in [5, 5.41) is 0. The first-order chi connectivity index (χ1) is 5.88. The van der Waals surface area contributed by atoms with E-state index in [2.05, 4.69) is 11.9 Å². The topological polar surface area (TPSA) is 7.68 Å². The van der Waals surface area contributed by atoms with Gasteiger partial charge >= 0.3 is 0 Å². The second-order valence-electron chi connectivity index (χ2n) is 4.35. The molecule has 2 fully saturated rings. The molecule has 2 aliphatic heterocycles. The third kappa shape index (κ3) is 1.64. The van der Waals surface area contributed by atoms with Gasteiger partial charge in [-0.15, -0.1) is 0 Å². The Bertz CT molecular complexity index is 147. The fraction of sp³-hybridized carbons (Fsp3) is 1.00. The molecule has 12 heavy (non-hydrogen) atoms. The van der Waals surface area contributed by atoms with Crippen molar-refractivity contribution in [2.45, 2.75) is 38.3 Å². The van der Waals surface area contributed by atoms with Crippen molar-refractivity contribution in [1.82, 2.24) is 4.90 Å². The fourth-order valence-corrected chi connectivity index (χ4v) is 2.72. The van der Waals surface area contributed by atoms with E-state index in [9.17, 15) is 0 Å². The molecule has 2 unspecified atom stereocenters. The molecular weight excluding hydrogens is 148 g/mol. The average Bonchev–Trinajstić information content (AvgIpc) is 2.30. The average molecular weight is 169 g/mol. The van der Waals surface area contributed by atoms with E-state index in [1.54, 1.807) is 4.90 Å². The smallest absolute Gasteiger partial charge is 0.143 e. The highest BCUT2D eigenvalue weighted by atomic mass is 15.4. The van der Waals surface area contributed by atoms with E-state index in [4.69, 9.17) is 0 Å². The van der Waals surface area contributed by atoms with Crippen LogP contribution in [0.4, 0.5) is 0 Å². The predicted octanol–water partition coefficient (Wildman–Crippen LogP) is 0.107. The monoisotopic (exact) mass is 169 g/mol. The molecule has 2 heteroatoms. The Morgan fingerprint density at radius 1 is 1.08 bits per heavy atom. The van der Waals surface area contributed by atoms with E-state index in [-0.39, 0.29) is 0 Å². The zero-order valence-electron chi connectivity index (χ0n) is 8.18. The van der Waals surface area contributed by atoms with Crippen LogP contribution < -0.4 is 4.90 Å². The molecule has 2 atom stereocenters. The fourth-order valence-electron chi connectivity index (χ4n) is 2.72. The second kappa shape index (κ2) is 3.75. The first-order valence-corrected chi connectivity index (χ1v) is 5.44. The number of nitrogens with one attached hydrogen (secondary N) is 1. The Balaban J connectivity index is 2.00. The van der Waals surface area contributed by atoms with Crippen molar-refractivity contribution in [3.63, 3.8) is 0 Å². The van der Waals surface area contributed by atoms with Gasteiger partial charge in [0.05, 0.1) is 13.6 Å². The lowest BCUT2D eigenvalue weighted by molar-refractivity contribution is -0.925. The van der Waals surface area contributed by atoms with Crippen molar-refractivity contribution >= 4 is 0 Å². The molecule has 0 aromatic rings. The van der Waals surface area contributed by atoms with Gasteiger partial charge in [0, 0.05) is 25.9 Å². The van der Waals surface area contributed by atoms with E-state index in [0.717, 1.165) is 6.17 Å². The summed E-state index contributed by atoms with van der Waals surface area (Å²) in [6, 6.07) is 0. The molecule has 2 rings (SSSR count). The molecule has 2 saturated heterocycles. The molecule has 2 heterocycles. The zero-order valence-corrected chi connectivity index (χ0v) is 8.18. The Kier molecular flexibility index (Phi) is 2.66. The van der Waals surface area contributed by atoms with Crippen molar-refractivity contribution in [1.29, 1.82) is 0 Å². The summed E-state index contributed by atoms with van der Waals surface area (Å²) < 4.78 is 0. The van der Waals surface area contributed by atoms with Gasteiger partial charge in [0.15, 0.2) is 0 Å². The maximum Gasteiger partial charge on any atom is 0.143 e. The summed E-state index contributed by atoms with van der Waals surface area (Å²) in [6.45, 7) is 4.12. The number of quaternary nitrogens is 1. The van der Waals surface area contributed by atoms with Crippen LogP contribution >= 0.6 is 0 Å². The molecule has 0 saturated carbocycles. The van der Waals surface area contributed by atoms with Crippen LogP contribution in [0.2, 0.25) is 0 Å². The Morgan fingerprint density at radius 3 is 2.83 bits per heavy atom. The lowest BCUT2D eigenvalue weighted by Crippen LogP contribution is -3.16. The summed E-state index contributed by atoms with van der Waals surface area (Å²) in [5.74, 6) is 0. The van der Waals surface area contributed by atoms with Gasteiger partial charge in [0.25, 0.3) is 0 Å². The van der Waals surface area contributed by atoms with E-state index >= 15 is 0 Å². The van der Waals surface area contributed by atoms with Gasteiger partial charge in [-0.1, -0.05) is 6.42 Å². The largest absolute Gasteiger partial charge is 0.322 e. The van der Waals surface area contributed by atoms with E-state index in [1.807, 2.05) is 0 Å². The number of hydrogen-bond donors (Lipinski definition) is 1. The van der Waals surface area contributed by atoms with E-state index in [1.165, 1.54) is 51.7 Å². The number of rotatable bonds is 0. The third-order valence-corrected chi connectivity index (χ3v) is 3.45. The normalized spacial score (nSPS) is 38.8. The molecule has 2 aliphatic rings. The highest BCUT2D eigenvalue weighted by Crippen LogP contribution is 2.14. The van der Waals surface area contributed by atoms with Gasteiger partial charge in [-0.25, -0.2) is 0 Å². The molecule has 0 aliphatic carbocycles. The van der Waals surface area contributed by atoms with Gasteiger partial charge in [0.2, 0.25) is 0 Å². The van der Waals surface area contributed by atoms with Crippen molar-refractivity contribution in [2.75, 3.05) is 26.7 Å². The van der Waals surface area contributed by atoms with E-state index in [0.29, 0.717) is 0 Å². The highest BCUT2D eigenvalue weighted by Gasteiger charge is 2.30. The second-order valence-corrected chi connectivity index (χ2v) is 4.35. The van der Waals surface area contributed by atoms with Crippen LogP contribution in [0.3, 0.4) is 0 Å². The van der Waals surface area contributed by atoms with Gasteiger partial charge in [-0.3, -0.25) is 4.90 Å². The maximum atomic E-state index is 2.71. The van der Waals surface area contributed by atoms with Crippen molar-refractivity contribution < 1.29 is 4.90 Å². The highest BCUT2D eigenvalue weighted by molar-refractivity contribution is 4.69. The van der Waals surface area contributed by atoms with Crippen molar-refractivity contribution in [3.05, 3.63) is 0 Å². The molecule has 70 valence electrons. The van der Waals surface area contributed by atoms with E-state index < -0.39 is 0 Å². The lowest BCUT2D eigenvalue weighted by atomic mass is 10.1. The molecule has 2 nitrogen and oxygen atoms in total. The van der Waals surface area contributed by atoms with Crippen LogP contribution in [-0.2, 0) is 0 Å². The number of hydrogen-bond acceptors (Lipinski definition) is 1. The van der Waals surface area contributed by atoms with Crippen molar-refractivity contribution in [2.24, 2.45) is 0 Å². The minimum absolute atomic E-state index is 0.862. The molecule has 1 N–H and O–H groups in total. The van der Waals surface area contributed by atoms with Crippen LogP contribution in [0.5, 0.6) is 0 Å². The summed E-state index contributed by atoms with van der Waals surface area (Å²) in [5.41, 5.74) is 0. The van der Waals surface area contributed by atoms with Gasteiger partial charge in [-0.05, 0) is 12.8 Å². The molecule has 0 radical (unpaired) electrons. The summed E-state index contributed by atoms with van der Waals surface area (Å²) in [4.78, 5) is 4.47. The minimum Gasteiger partial charge on any atom is -0.322 e. The third-order valence-electron chi connectivity index (χ3n) is 3.45. The molecule has 0 bridgehead atoms. The van der Waals surface area contributed by atoms with Crippen LogP contribution in [-0.4, -0.2) is 37.7 Å². The molecular formula is C10H21N2+. The van der Waals surface area contributed by atoms with Crippen LogP contribution in [0, 0.1) is 0 Å². The maximum absolute atomic E-state index is 2.71. The van der Waals surface area contributed by atoms with Crippen molar-refractivity contribution in [3.8, 4) is 0 Å². The molecule has 0 aromatic carbocycles. The standard InChI is InChI=1S/C10H20N2/c1-11-7-5-9-12-8-4-2-3-6-10(11)12/h10H,2-9H2,1H3/p+1. The van der Waals surface area contributed by atoms with Gasteiger partial charge in [-0.2, -0.15) is 0 Å². The number of fused-ring (bicyclic) bond motifs is 1. The Morgan fingerprint density at radius 2 is 1.92 bits per heavy atom. The predicted molar refractivity (Wildman–Crippen MR) is 50.2 cm³/mol. The Labute approximate surface area is 75.5 Å². The summed E-state index contributed by atoms with van der Waals surface area (Å²) in [7, 11) is 2.36. The van der Waals surface area contributed by atoms with Crippen LogP contribution in [0.1, 0.15) is 32.1 Å². The van der Waals surface area contributed by atoms with Crippen LogP contribution in [0.15, 0.2) is 0 Å². The zero-order chi connectivity index (χ0) is 8.39. The van der Waals surface area contributed by atoms with Crippen LogP contribution in [0.25, 0.3) is 0 Å². The Hall–Kier alpha value is -0.0800. The first kappa shape index (κ1) is 8.52. The summed E-state index contributed by atoms with van der Waals surface area (Å²) >= 11 is 0. The van der Waals surface area contributed by atoms with Gasteiger partial charge < -0.3 is 4.90 Å². The molecule has 0 amide bonds. The number of nitrogens with zero attached hydrogens (tertiary/aromatic N) is 1.